The van der Waals surface area contributed by atoms with Gasteiger partial charge in [-0.05, 0) is 59.6 Å². The first-order valence-electron chi connectivity index (χ1n) is 8.57. The summed E-state index contributed by atoms with van der Waals surface area (Å²) in [6, 6.07) is 9.46. The van der Waals surface area contributed by atoms with Crippen LogP contribution in [0.4, 0.5) is 0 Å². The Morgan fingerprint density at radius 2 is 2.00 bits per heavy atom. The number of nitrogens with one attached hydrogen (secondary N) is 1. The summed E-state index contributed by atoms with van der Waals surface area (Å²) < 4.78 is 24.7. The summed E-state index contributed by atoms with van der Waals surface area (Å²) in [6.45, 7) is 0.760. The van der Waals surface area contributed by atoms with Gasteiger partial charge in [-0.3, -0.25) is 4.79 Å². The van der Waals surface area contributed by atoms with Gasteiger partial charge in [-0.25, -0.2) is 8.42 Å². The fraction of sp³-hybridized carbons (Fsp3) is 0.421. The zero-order valence-corrected chi connectivity index (χ0v) is 14.4. The van der Waals surface area contributed by atoms with Gasteiger partial charge in [0.15, 0.2) is 9.84 Å². The van der Waals surface area contributed by atoms with E-state index in [1.165, 1.54) is 12.8 Å². The highest BCUT2D eigenvalue weighted by atomic mass is 32.2. The van der Waals surface area contributed by atoms with Gasteiger partial charge in [0.25, 0.3) is 0 Å². The summed E-state index contributed by atoms with van der Waals surface area (Å²) in [5.74, 6) is 0.889. The molecule has 0 saturated heterocycles. The largest absolute Gasteiger partial charge is 0.356 e. The smallest absolute Gasteiger partial charge is 0.224 e. The molecule has 1 aliphatic heterocycles. The lowest BCUT2D eigenvalue weighted by Gasteiger charge is -2.20. The van der Waals surface area contributed by atoms with Crippen molar-refractivity contribution in [2.75, 3.05) is 12.3 Å². The summed E-state index contributed by atoms with van der Waals surface area (Å²) in [4.78, 5) is 12.7. The van der Waals surface area contributed by atoms with Gasteiger partial charge in [-0.2, -0.15) is 0 Å². The fourth-order valence-electron chi connectivity index (χ4n) is 3.57. The standard InChI is InChI=1S/C19H21NO3S/c21-18(20-12-13-6-7-13)11-15-4-1-3-14-8-9-17-16(19(14)15)5-2-10-24(17,22)23/h1,3-4,8-9,13H,2,5-7,10-12H2,(H,20,21). The molecule has 4 rings (SSSR count). The molecule has 1 fully saturated rings. The Kier molecular flexibility index (Phi) is 3.83. The molecule has 0 atom stereocenters. The molecular formula is C19H21NO3S. The van der Waals surface area contributed by atoms with Crippen LogP contribution in [0.5, 0.6) is 0 Å². The summed E-state index contributed by atoms with van der Waals surface area (Å²) in [6.07, 6.45) is 4.13. The summed E-state index contributed by atoms with van der Waals surface area (Å²) in [5.41, 5.74) is 1.82. The predicted molar refractivity (Wildman–Crippen MR) is 93.8 cm³/mol. The number of benzene rings is 2. The summed E-state index contributed by atoms with van der Waals surface area (Å²) >= 11 is 0. The first-order valence-corrected chi connectivity index (χ1v) is 10.2. The fourth-order valence-corrected chi connectivity index (χ4v) is 5.17. The van der Waals surface area contributed by atoms with Crippen molar-refractivity contribution in [3.8, 4) is 0 Å². The Bertz CT molecular complexity index is 914. The predicted octanol–water partition coefficient (Wildman–Crippen LogP) is 2.63. The number of carbonyl (C=O) groups excluding carboxylic acids is 1. The van der Waals surface area contributed by atoms with Crippen molar-refractivity contribution in [1.29, 1.82) is 0 Å². The van der Waals surface area contributed by atoms with Crippen molar-refractivity contribution in [2.24, 2.45) is 5.92 Å². The topological polar surface area (TPSA) is 63.2 Å². The number of carbonyl (C=O) groups is 1. The monoisotopic (exact) mass is 343 g/mol. The van der Waals surface area contributed by atoms with E-state index >= 15 is 0 Å². The molecule has 1 heterocycles. The Morgan fingerprint density at radius 1 is 1.17 bits per heavy atom. The molecular weight excluding hydrogens is 322 g/mol. The van der Waals surface area contributed by atoms with Crippen LogP contribution in [0.3, 0.4) is 0 Å². The zero-order chi connectivity index (χ0) is 16.7. The van der Waals surface area contributed by atoms with Gasteiger partial charge < -0.3 is 5.32 Å². The van der Waals surface area contributed by atoms with E-state index < -0.39 is 9.84 Å². The molecule has 2 aromatic carbocycles. The van der Waals surface area contributed by atoms with Crippen LogP contribution in [-0.2, 0) is 27.5 Å². The third-order valence-corrected chi connectivity index (χ3v) is 6.89. The molecule has 0 unspecified atom stereocenters. The minimum absolute atomic E-state index is 0.0191. The molecule has 126 valence electrons. The Morgan fingerprint density at radius 3 is 2.79 bits per heavy atom. The van der Waals surface area contributed by atoms with E-state index in [9.17, 15) is 13.2 Å². The molecule has 5 heteroatoms. The van der Waals surface area contributed by atoms with Crippen molar-refractivity contribution in [1.82, 2.24) is 5.32 Å². The molecule has 0 aromatic heterocycles. The van der Waals surface area contributed by atoms with Crippen molar-refractivity contribution >= 4 is 26.5 Å². The van der Waals surface area contributed by atoms with Crippen molar-refractivity contribution in [3.63, 3.8) is 0 Å². The lowest BCUT2D eigenvalue weighted by atomic mass is 9.94. The second kappa shape index (κ2) is 5.88. The van der Waals surface area contributed by atoms with Crippen LogP contribution in [0, 0.1) is 5.92 Å². The molecule has 1 saturated carbocycles. The minimum Gasteiger partial charge on any atom is -0.356 e. The van der Waals surface area contributed by atoms with Crippen LogP contribution in [0.2, 0.25) is 0 Å². The number of aryl methyl sites for hydroxylation is 1. The van der Waals surface area contributed by atoms with Crippen molar-refractivity contribution in [3.05, 3.63) is 41.5 Å². The molecule has 4 nitrogen and oxygen atoms in total. The maximum Gasteiger partial charge on any atom is 0.224 e. The van der Waals surface area contributed by atoms with E-state index in [-0.39, 0.29) is 11.7 Å². The highest BCUT2D eigenvalue weighted by molar-refractivity contribution is 7.91. The molecule has 2 aliphatic rings. The lowest BCUT2D eigenvalue weighted by molar-refractivity contribution is -0.120. The lowest BCUT2D eigenvalue weighted by Crippen LogP contribution is -2.27. The molecule has 2 aromatic rings. The number of hydrogen-bond acceptors (Lipinski definition) is 3. The van der Waals surface area contributed by atoms with Crippen molar-refractivity contribution in [2.45, 2.75) is 37.0 Å². The molecule has 0 bridgehead atoms. The van der Waals surface area contributed by atoms with Gasteiger partial charge >= 0.3 is 0 Å². The number of sulfone groups is 1. The quantitative estimate of drug-likeness (QED) is 0.928. The third kappa shape index (κ3) is 2.93. The van der Waals surface area contributed by atoms with Gasteiger partial charge in [0, 0.05) is 6.54 Å². The number of hydrogen-bond donors (Lipinski definition) is 1. The first-order chi connectivity index (χ1) is 11.5. The highest BCUT2D eigenvalue weighted by Crippen LogP contribution is 2.34. The SMILES string of the molecule is O=C(Cc1cccc2ccc3c(c12)CCCS3(=O)=O)NCC1CC1. The highest BCUT2D eigenvalue weighted by Gasteiger charge is 2.26. The van der Waals surface area contributed by atoms with Gasteiger partial charge in [0.05, 0.1) is 17.1 Å². The maximum atomic E-state index is 12.4. The van der Waals surface area contributed by atoms with Crippen LogP contribution in [0.1, 0.15) is 30.4 Å². The molecule has 0 radical (unpaired) electrons. The van der Waals surface area contributed by atoms with E-state index in [1.54, 1.807) is 6.07 Å². The Labute approximate surface area is 142 Å². The first kappa shape index (κ1) is 15.6. The van der Waals surface area contributed by atoms with Gasteiger partial charge in [-0.15, -0.1) is 0 Å². The molecule has 0 spiro atoms. The van der Waals surface area contributed by atoms with Crippen LogP contribution in [-0.4, -0.2) is 26.6 Å². The van der Waals surface area contributed by atoms with E-state index in [0.29, 0.717) is 23.7 Å². The molecule has 1 aliphatic carbocycles. The van der Waals surface area contributed by atoms with Crippen LogP contribution in [0.25, 0.3) is 10.8 Å². The normalized spacial score (nSPS) is 19.0. The zero-order valence-electron chi connectivity index (χ0n) is 13.5. The maximum absolute atomic E-state index is 12.4. The van der Waals surface area contributed by atoms with E-state index in [4.69, 9.17) is 0 Å². The summed E-state index contributed by atoms with van der Waals surface area (Å²) in [5, 5.41) is 4.97. The Balaban J connectivity index is 1.73. The number of amides is 1. The molecule has 24 heavy (non-hydrogen) atoms. The average molecular weight is 343 g/mol. The number of fused-ring (bicyclic) bond motifs is 3. The van der Waals surface area contributed by atoms with Gasteiger partial charge in [0.1, 0.15) is 0 Å². The van der Waals surface area contributed by atoms with E-state index in [1.807, 2.05) is 24.3 Å². The second-order valence-corrected chi connectivity index (χ2v) is 8.98. The number of rotatable bonds is 4. The van der Waals surface area contributed by atoms with E-state index in [0.717, 1.165) is 34.9 Å². The van der Waals surface area contributed by atoms with Gasteiger partial charge in [-0.1, -0.05) is 24.3 Å². The second-order valence-electron chi connectivity index (χ2n) is 6.90. The van der Waals surface area contributed by atoms with Crippen molar-refractivity contribution < 1.29 is 13.2 Å². The Hall–Kier alpha value is -1.88. The third-order valence-electron chi connectivity index (χ3n) is 5.01. The average Bonchev–Trinajstić information content (AvgIpc) is 3.37. The summed E-state index contributed by atoms with van der Waals surface area (Å²) in [7, 11) is -3.19. The minimum atomic E-state index is -3.19. The molecule has 1 N–H and O–H groups in total. The molecule has 1 amide bonds. The van der Waals surface area contributed by atoms with E-state index in [2.05, 4.69) is 5.32 Å². The van der Waals surface area contributed by atoms with Gasteiger partial charge in [0.2, 0.25) is 5.91 Å². The van der Waals surface area contributed by atoms with Crippen LogP contribution < -0.4 is 5.32 Å². The van der Waals surface area contributed by atoms with Crippen LogP contribution >= 0.6 is 0 Å². The van der Waals surface area contributed by atoms with Crippen LogP contribution in [0.15, 0.2) is 35.2 Å².